The quantitative estimate of drug-likeness (QED) is 0.119. The molecule has 48 heavy (non-hydrogen) atoms. The maximum Gasteiger partial charge on any atom is 0.453 e. The average Bonchev–Trinajstić information content (AvgIpc) is 3.26. The van der Waals surface area contributed by atoms with E-state index in [1.807, 2.05) is 18.2 Å². The largest absolute Gasteiger partial charge is 0.494 e. The summed E-state index contributed by atoms with van der Waals surface area (Å²) in [7, 11) is 1.74. The molecular formula is C39H46F5NO3. The molecule has 9 heteroatoms. The van der Waals surface area contributed by atoms with Gasteiger partial charge in [0.2, 0.25) is 0 Å². The Morgan fingerprint density at radius 3 is 2.25 bits per heavy atom. The van der Waals surface area contributed by atoms with Crippen LogP contribution in [0.1, 0.15) is 86.5 Å². The highest BCUT2D eigenvalue weighted by Gasteiger charge is 2.56. The van der Waals surface area contributed by atoms with Crippen molar-refractivity contribution in [3.05, 3.63) is 95.1 Å². The van der Waals surface area contributed by atoms with Crippen LogP contribution in [-0.2, 0) is 11.2 Å². The zero-order valence-electron chi connectivity index (χ0n) is 27.7. The van der Waals surface area contributed by atoms with E-state index in [-0.39, 0.29) is 19.3 Å². The molecule has 0 bridgehead atoms. The van der Waals surface area contributed by atoms with Crippen LogP contribution < -0.4 is 9.47 Å². The molecule has 5 rings (SSSR count). The van der Waals surface area contributed by atoms with Crippen LogP contribution in [-0.4, -0.2) is 56.6 Å². The molecular weight excluding hydrogens is 625 g/mol. The SMILES string of the molecule is CN(CCCCCOc1ccc(C2=C(c3ccccc3)CCCc3cc(OC4CCCCO4)ccc32)cc1)CCCC(F)(F)C(F)(F)F. The summed E-state index contributed by atoms with van der Waals surface area (Å²) in [5.41, 5.74) is 7.40. The molecule has 1 aliphatic carbocycles. The first-order valence-corrected chi connectivity index (χ1v) is 17.2. The Morgan fingerprint density at radius 2 is 1.52 bits per heavy atom. The van der Waals surface area contributed by atoms with Crippen molar-refractivity contribution in [1.82, 2.24) is 4.90 Å². The summed E-state index contributed by atoms with van der Waals surface area (Å²) in [5, 5.41) is 0. The van der Waals surface area contributed by atoms with E-state index in [2.05, 4.69) is 54.6 Å². The minimum atomic E-state index is -5.49. The van der Waals surface area contributed by atoms with Crippen molar-refractivity contribution in [1.29, 1.82) is 0 Å². The second-order valence-electron chi connectivity index (χ2n) is 12.8. The Balaban J connectivity index is 1.17. The molecule has 1 atom stereocenters. The minimum absolute atomic E-state index is 0.186. The van der Waals surface area contributed by atoms with Crippen LogP contribution >= 0.6 is 0 Å². The summed E-state index contributed by atoms with van der Waals surface area (Å²) in [6.07, 6.45) is 1.50. The van der Waals surface area contributed by atoms with Gasteiger partial charge in [-0.25, -0.2) is 0 Å². The van der Waals surface area contributed by atoms with Crippen molar-refractivity contribution in [2.24, 2.45) is 0 Å². The van der Waals surface area contributed by atoms with Gasteiger partial charge in [-0.1, -0.05) is 48.5 Å². The third kappa shape index (κ3) is 9.82. The number of unbranched alkanes of at least 4 members (excludes halogenated alkanes) is 2. The predicted molar refractivity (Wildman–Crippen MR) is 179 cm³/mol. The van der Waals surface area contributed by atoms with E-state index >= 15 is 0 Å². The molecule has 4 nitrogen and oxygen atoms in total. The number of allylic oxidation sites excluding steroid dienone is 1. The van der Waals surface area contributed by atoms with Gasteiger partial charge in [0.25, 0.3) is 0 Å². The lowest BCUT2D eigenvalue weighted by atomic mass is 9.88. The topological polar surface area (TPSA) is 30.9 Å². The first-order valence-electron chi connectivity index (χ1n) is 17.2. The van der Waals surface area contributed by atoms with Crippen LogP contribution in [0, 0.1) is 0 Å². The summed E-state index contributed by atoms with van der Waals surface area (Å²) in [6, 6.07) is 25.3. The first-order chi connectivity index (χ1) is 23.1. The average molecular weight is 672 g/mol. The van der Waals surface area contributed by atoms with Crippen LogP contribution in [0.5, 0.6) is 11.5 Å². The molecule has 1 heterocycles. The van der Waals surface area contributed by atoms with Crippen molar-refractivity contribution in [3.8, 4) is 11.5 Å². The fraction of sp³-hybridized carbons (Fsp3) is 0.487. The van der Waals surface area contributed by atoms with E-state index in [1.54, 1.807) is 11.9 Å². The van der Waals surface area contributed by atoms with Gasteiger partial charge >= 0.3 is 12.1 Å². The molecule has 1 unspecified atom stereocenters. The number of alkyl halides is 5. The third-order valence-corrected chi connectivity index (χ3v) is 9.09. The van der Waals surface area contributed by atoms with Gasteiger partial charge in [0.15, 0.2) is 6.29 Å². The van der Waals surface area contributed by atoms with Crippen LogP contribution in [0.25, 0.3) is 11.1 Å². The van der Waals surface area contributed by atoms with Crippen molar-refractivity contribution >= 4 is 11.1 Å². The number of aryl methyl sites for hydroxylation is 1. The van der Waals surface area contributed by atoms with Gasteiger partial charge in [0, 0.05) is 12.8 Å². The summed E-state index contributed by atoms with van der Waals surface area (Å²) in [6.45, 7) is 2.11. The van der Waals surface area contributed by atoms with Gasteiger partial charge in [-0.2, -0.15) is 22.0 Å². The lowest BCUT2D eigenvalue weighted by Gasteiger charge is -2.24. The van der Waals surface area contributed by atoms with E-state index in [1.165, 1.54) is 27.8 Å². The maximum atomic E-state index is 13.1. The molecule has 0 N–H and O–H groups in total. The second kappa shape index (κ2) is 16.8. The molecule has 0 spiro atoms. The highest BCUT2D eigenvalue weighted by molar-refractivity contribution is 6.00. The third-order valence-electron chi connectivity index (χ3n) is 9.09. The van der Waals surface area contributed by atoms with Crippen LogP contribution in [0.3, 0.4) is 0 Å². The highest BCUT2D eigenvalue weighted by Crippen LogP contribution is 2.42. The summed E-state index contributed by atoms with van der Waals surface area (Å²) < 4.78 is 81.3. The van der Waals surface area contributed by atoms with Gasteiger partial charge in [-0.05, 0) is 136 Å². The van der Waals surface area contributed by atoms with Crippen LogP contribution in [0.15, 0.2) is 72.8 Å². The number of halogens is 5. The van der Waals surface area contributed by atoms with Crippen molar-refractivity contribution in [2.45, 2.75) is 89.0 Å². The Morgan fingerprint density at radius 1 is 0.771 bits per heavy atom. The van der Waals surface area contributed by atoms with Gasteiger partial charge in [-0.3, -0.25) is 0 Å². The lowest BCUT2D eigenvalue weighted by molar-refractivity contribution is -0.284. The number of benzene rings is 3. The van der Waals surface area contributed by atoms with Gasteiger partial charge < -0.3 is 19.1 Å². The van der Waals surface area contributed by atoms with Gasteiger partial charge in [0.05, 0.1) is 13.2 Å². The molecule has 1 saturated heterocycles. The summed E-state index contributed by atoms with van der Waals surface area (Å²) in [5.74, 6) is -2.99. The number of ether oxygens (including phenoxy) is 3. The Bertz CT molecular complexity index is 1470. The highest BCUT2D eigenvalue weighted by atomic mass is 19.4. The Kier molecular flexibility index (Phi) is 12.5. The number of hydrogen-bond donors (Lipinski definition) is 0. The first kappa shape index (κ1) is 35.9. The van der Waals surface area contributed by atoms with E-state index in [0.717, 1.165) is 81.5 Å². The zero-order valence-corrected chi connectivity index (χ0v) is 27.7. The van der Waals surface area contributed by atoms with E-state index in [0.29, 0.717) is 13.2 Å². The molecule has 0 saturated carbocycles. The molecule has 3 aromatic rings. The number of rotatable bonds is 15. The summed E-state index contributed by atoms with van der Waals surface area (Å²) >= 11 is 0. The fourth-order valence-corrected chi connectivity index (χ4v) is 6.44. The van der Waals surface area contributed by atoms with Gasteiger partial charge in [-0.15, -0.1) is 0 Å². The molecule has 0 radical (unpaired) electrons. The van der Waals surface area contributed by atoms with E-state index in [4.69, 9.17) is 14.2 Å². The van der Waals surface area contributed by atoms with Crippen LogP contribution in [0.4, 0.5) is 22.0 Å². The van der Waals surface area contributed by atoms with Crippen molar-refractivity contribution in [3.63, 3.8) is 0 Å². The molecule has 0 amide bonds. The molecule has 260 valence electrons. The monoisotopic (exact) mass is 671 g/mol. The summed E-state index contributed by atoms with van der Waals surface area (Å²) in [4.78, 5) is 1.80. The Labute approximate surface area is 280 Å². The van der Waals surface area contributed by atoms with Crippen molar-refractivity contribution < 1.29 is 36.2 Å². The predicted octanol–water partition coefficient (Wildman–Crippen LogP) is 10.3. The standard InChI is InChI=1S/C39H46F5NO3/c1-45(25-11-23-38(40,41)39(42,43)44)24-7-3-8-26-46-32-19-17-30(18-20-32)37-34(29-12-4-2-5-13-29)15-10-14-31-28-33(21-22-35(31)37)48-36-16-6-9-27-47-36/h2,4-5,12-13,17-22,28,36H,3,6-11,14-16,23-27H2,1H3. The van der Waals surface area contributed by atoms with E-state index in [9.17, 15) is 22.0 Å². The molecule has 3 aromatic carbocycles. The minimum Gasteiger partial charge on any atom is -0.494 e. The molecule has 1 aliphatic heterocycles. The molecule has 0 aromatic heterocycles. The van der Waals surface area contributed by atoms with E-state index < -0.39 is 18.5 Å². The molecule has 2 aliphatic rings. The zero-order chi connectivity index (χ0) is 34.0. The van der Waals surface area contributed by atoms with Crippen LogP contribution in [0.2, 0.25) is 0 Å². The number of hydrogen-bond acceptors (Lipinski definition) is 4. The molecule has 1 fully saturated rings. The Hall–Kier alpha value is -3.43. The van der Waals surface area contributed by atoms with Crippen molar-refractivity contribution in [2.75, 3.05) is 33.4 Å². The normalized spacial score (nSPS) is 17.3. The number of fused-ring (bicyclic) bond motifs is 1. The maximum absolute atomic E-state index is 13.1. The fourth-order valence-electron chi connectivity index (χ4n) is 6.44. The smallest absolute Gasteiger partial charge is 0.453 e. The number of nitrogens with zero attached hydrogens (tertiary/aromatic N) is 1. The second-order valence-corrected chi connectivity index (χ2v) is 12.8. The van der Waals surface area contributed by atoms with Gasteiger partial charge in [0.1, 0.15) is 11.5 Å². The lowest BCUT2D eigenvalue weighted by Crippen LogP contribution is -2.37.